The van der Waals surface area contributed by atoms with Crippen molar-refractivity contribution in [3.05, 3.63) is 59.2 Å². The highest BCUT2D eigenvalue weighted by Gasteiger charge is 2.42. The average molecular weight is 460 g/mol. The van der Waals surface area contributed by atoms with Crippen LogP contribution in [0.15, 0.2) is 42.5 Å². The molecule has 4 nitrogen and oxygen atoms in total. The molecule has 33 heavy (non-hydrogen) atoms. The minimum absolute atomic E-state index is 0.0699. The van der Waals surface area contributed by atoms with Gasteiger partial charge in [-0.2, -0.15) is 13.2 Å². The molecule has 0 radical (unpaired) electrons. The summed E-state index contributed by atoms with van der Waals surface area (Å²) in [7, 11) is 0. The Labute approximate surface area is 193 Å². The number of hydrogen-bond acceptors (Lipinski definition) is 3. The molecule has 2 heterocycles. The van der Waals surface area contributed by atoms with E-state index in [-0.39, 0.29) is 11.9 Å². The van der Waals surface area contributed by atoms with E-state index in [0.29, 0.717) is 37.5 Å². The number of amides is 1. The molecular formula is C26H32F3N3O. The first-order valence-corrected chi connectivity index (χ1v) is 11.7. The van der Waals surface area contributed by atoms with Crippen LogP contribution in [0.1, 0.15) is 37.0 Å². The molecule has 2 atom stereocenters. The van der Waals surface area contributed by atoms with Crippen molar-refractivity contribution in [1.82, 2.24) is 5.32 Å². The second-order valence-electron chi connectivity index (χ2n) is 9.67. The summed E-state index contributed by atoms with van der Waals surface area (Å²) in [6.07, 6.45) is -3.21. The summed E-state index contributed by atoms with van der Waals surface area (Å²) in [6.45, 7) is 8.90. The zero-order chi connectivity index (χ0) is 23.8. The fourth-order valence-electron chi connectivity index (χ4n) is 4.90. The number of nitrogens with one attached hydrogen (secondary N) is 1. The van der Waals surface area contributed by atoms with Gasteiger partial charge in [0.2, 0.25) is 5.91 Å². The number of carbonyl (C=O) groups is 1. The van der Waals surface area contributed by atoms with Crippen LogP contribution in [-0.4, -0.2) is 38.1 Å². The topological polar surface area (TPSA) is 35.6 Å². The number of aryl methyl sites for hydroxylation is 1. The summed E-state index contributed by atoms with van der Waals surface area (Å²) in [5, 5.41) is 3.05. The Kier molecular flexibility index (Phi) is 6.59. The Morgan fingerprint density at radius 2 is 1.85 bits per heavy atom. The summed E-state index contributed by atoms with van der Waals surface area (Å²) in [6, 6.07) is 12.2. The minimum atomic E-state index is -4.40. The van der Waals surface area contributed by atoms with Gasteiger partial charge in [0.1, 0.15) is 0 Å². The maximum Gasteiger partial charge on any atom is 0.416 e. The number of benzene rings is 2. The molecule has 0 bridgehead atoms. The zero-order valence-corrected chi connectivity index (χ0v) is 19.5. The third-order valence-corrected chi connectivity index (χ3v) is 6.80. The lowest BCUT2D eigenvalue weighted by Crippen LogP contribution is -2.61. The van der Waals surface area contributed by atoms with Crippen LogP contribution in [0.4, 0.5) is 24.5 Å². The van der Waals surface area contributed by atoms with E-state index in [9.17, 15) is 18.0 Å². The van der Waals surface area contributed by atoms with Gasteiger partial charge in [-0.25, -0.2) is 0 Å². The lowest BCUT2D eigenvalue weighted by atomic mass is 9.82. The quantitative estimate of drug-likeness (QED) is 0.680. The number of piperazine rings is 1. The molecule has 178 valence electrons. The highest BCUT2D eigenvalue weighted by Crippen LogP contribution is 2.40. The highest BCUT2D eigenvalue weighted by atomic mass is 19.4. The van der Waals surface area contributed by atoms with Crippen molar-refractivity contribution >= 4 is 17.3 Å². The number of hydrogen-bond donors (Lipinski definition) is 1. The number of rotatable bonds is 5. The zero-order valence-electron chi connectivity index (χ0n) is 19.5. The summed E-state index contributed by atoms with van der Waals surface area (Å²) in [4.78, 5) is 17.7. The van der Waals surface area contributed by atoms with Crippen LogP contribution in [0.5, 0.6) is 0 Å². The van der Waals surface area contributed by atoms with Gasteiger partial charge in [0, 0.05) is 37.6 Å². The molecular weight excluding hydrogens is 427 g/mol. The average Bonchev–Trinajstić information content (AvgIpc) is 2.77. The van der Waals surface area contributed by atoms with Crippen LogP contribution in [-0.2, 0) is 17.4 Å². The molecule has 0 saturated carbocycles. The van der Waals surface area contributed by atoms with Crippen LogP contribution < -0.4 is 15.1 Å². The number of anilines is 2. The highest BCUT2D eigenvalue weighted by molar-refractivity contribution is 5.82. The van der Waals surface area contributed by atoms with E-state index in [2.05, 4.69) is 53.2 Å². The van der Waals surface area contributed by atoms with Crippen molar-refractivity contribution in [3.8, 4) is 0 Å². The Hall–Kier alpha value is -2.70. The van der Waals surface area contributed by atoms with Gasteiger partial charge in [0.15, 0.2) is 0 Å². The van der Waals surface area contributed by atoms with E-state index in [4.69, 9.17) is 0 Å². The molecule has 1 amide bonds. The normalized spacial score (nSPS) is 20.5. The van der Waals surface area contributed by atoms with Crippen molar-refractivity contribution < 1.29 is 18.0 Å². The fraction of sp³-hybridized carbons (Fsp3) is 0.500. The minimum Gasteiger partial charge on any atom is -0.368 e. The van der Waals surface area contributed by atoms with E-state index in [1.807, 2.05) is 6.92 Å². The van der Waals surface area contributed by atoms with Crippen LogP contribution >= 0.6 is 0 Å². The van der Waals surface area contributed by atoms with Crippen LogP contribution in [0.25, 0.3) is 0 Å². The SMILES string of the molecule is Cc1ccc(N2CCN3c4ccc(C(F)(F)F)cc4C[C@H](C(=O)NCCC(C)C)[C@@H]3C2)cc1. The van der Waals surface area contributed by atoms with Gasteiger partial charge in [0.25, 0.3) is 0 Å². The van der Waals surface area contributed by atoms with Crippen LogP contribution in [0.3, 0.4) is 0 Å². The third kappa shape index (κ3) is 5.12. The summed E-state index contributed by atoms with van der Waals surface area (Å²) in [5.74, 6) is -0.00389. The molecule has 0 aromatic heterocycles. The molecule has 0 unspecified atom stereocenters. The van der Waals surface area contributed by atoms with E-state index >= 15 is 0 Å². The maximum atomic E-state index is 13.4. The molecule has 2 aromatic rings. The van der Waals surface area contributed by atoms with Crippen molar-refractivity contribution in [2.45, 2.75) is 45.8 Å². The fourth-order valence-corrected chi connectivity index (χ4v) is 4.90. The summed E-state index contributed by atoms with van der Waals surface area (Å²) >= 11 is 0. The molecule has 1 saturated heterocycles. The maximum absolute atomic E-state index is 13.4. The van der Waals surface area contributed by atoms with Gasteiger partial charge in [-0.1, -0.05) is 31.5 Å². The number of fused-ring (bicyclic) bond motifs is 3. The Morgan fingerprint density at radius 3 is 2.52 bits per heavy atom. The van der Waals surface area contributed by atoms with Gasteiger partial charge >= 0.3 is 6.18 Å². The molecule has 2 aliphatic rings. The van der Waals surface area contributed by atoms with Gasteiger partial charge in [-0.05, 0) is 61.6 Å². The molecule has 1 fully saturated rings. The third-order valence-electron chi connectivity index (χ3n) is 6.80. The first-order chi connectivity index (χ1) is 15.6. The summed E-state index contributed by atoms with van der Waals surface area (Å²) in [5.41, 5.74) is 3.07. The first kappa shape index (κ1) is 23.5. The smallest absolute Gasteiger partial charge is 0.368 e. The van der Waals surface area contributed by atoms with Crippen molar-refractivity contribution in [2.75, 3.05) is 36.0 Å². The standard InChI is InChI=1S/C26H32F3N3O/c1-17(2)10-11-30-25(33)22-15-19-14-20(26(27,28)29)6-9-23(19)32-13-12-31(16-24(22)32)21-7-4-18(3)5-8-21/h4-9,14,17,22,24H,10-13,15-16H2,1-3H3,(H,30,33)/t22-,24-/m0/s1. The predicted octanol–water partition coefficient (Wildman–Crippen LogP) is 5.04. The molecule has 7 heteroatoms. The Balaban J connectivity index is 1.63. The van der Waals surface area contributed by atoms with Gasteiger partial charge in [-0.15, -0.1) is 0 Å². The van der Waals surface area contributed by atoms with Gasteiger partial charge < -0.3 is 15.1 Å². The lowest BCUT2D eigenvalue weighted by molar-refractivity contribution is -0.137. The predicted molar refractivity (Wildman–Crippen MR) is 126 cm³/mol. The Bertz CT molecular complexity index is 987. The van der Waals surface area contributed by atoms with E-state index < -0.39 is 17.7 Å². The number of alkyl halides is 3. The molecule has 1 N–H and O–H groups in total. The second-order valence-corrected chi connectivity index (χ2v) is 9.67. The van der Waals surface area contributed by atoms with Crippen molar-refractivity contribution in [2.24, 2.45) is 11.8 Å². The molecule has 4 rings (SSSR count). The Morgan fingerprint density at radius 1 is 1.12 bits per heavy atom. The summed E-state index contributed by atoms with van der Waals surface area (Å²) < 4.78 is 40.1. The van der Waals surface area contributed by atoms with Crippen molar-refractivity contribution in [1.29, 1.82) is 0 Å². The second kappa shape index (κ2) is 9.27. The van der Waals surface area contributed by atoms with E-state index in [1.165, 1.54) is 11.6 Å². The number of nitrogens with zero attached hydrogens (tertiary/aromatic N) is 2. The molecule has 2 aromatic carbocycles. The van der Waals surface area contributed by atoms with Gasteiger partial charge in [0.05, 0.1) is 17.5 Å². The molecule has 2 aliphatic heterocycles. The van der Waals surface area contributed by atoms with Gasteiger partial charge in [-0.3, -0.25) is 4.79 Å². The van der Waals surface area contributed by atoms with Crippen LogP contribution in [0.2, 0.25) is 0 Å². The molecule has 0 aliphatic carbocycles. The van der Waals surface area contributed by atoms with Crippen LogP contribution in [0, 0.1) is 18.8 Å². The van der Waals surface area contributed by atoms with E-state index in [1.54, 1.807) is 6.07 Å². The largest absolute Gasteiger partial charge is 0.416 e. The lowest BCUT2D eigenvalue weighted by Gasteiger charge is -2.49. The first-order valence-electron chi connectivity index (χ1n) is 11.7. The number of halogens is 3. The van der Waals surface area contributed by atoms with E-state index in [0.717, 1.165) is 30.4 Å². The van der Waals surface area contributed by atoms with Crippen molar-refractivity contribution in [3.63, 3.8) is 0 Å². The number of carbonyl (C=O) groups excluding carboxylic acids is 1. The monoisotopic (exact) mass is 459 g/mol. The molecule has 0 spiro atoms.